The molecule has 104 valence electrons. The molecule has 0 aliphatic rings. The van der Waals surface area contributed by atoms with Gasteiger partial charge in [0, 0.05) is 24.2 Å². The largest absolute Gasteiger partial charge is 0.369 e. The summed E-state index contributed by atoms with van der Waals surface area (Å²) in [4.78, 5) is 13.4. The summed E-state index contributed by atoms with van der Waals surface area (Å²) in [6.07, 6.45) is 0. The number of ketones is 1. The van der Waals surface area contributed by atoms with Crippen molar-refractivity contribution in [3.63, 3.8) is 0 Å². The molecular weight excluding hydrogens is 293 g/mol. The third kappa shape index (κ3) is 3.53. The zero-order chi connectivity index (χ0) is 14.7. The van der Waals surface area contributed by atoms with Crippen molar-refractivity contribution in [2.45, 2.75) is 13.5 Å². The van der Waals surface area contributed by atoms with Crippen LogP contribution < -0.4 is 4.90 Å². The summed E-state index contributed by atoms with van der Waals surface area (Å²) in [5.41, 5.74) is 2.66. The molecule has 0 saturated carbocycles. The van der Waals surface area contributed by atoms with E-state index >= 15 is 0 Å². The highest BCUT2D eigenvalue weighted by Crippen LogP contribution is 2.27. The SMILES string of the molecule is CC(=O)c1ccc(N(C)Cc2ccc(Cl)cc2)c(Cl)c1. The highest BCUT2D eigenvalue weighted by Gasteiger charge is 2.09. The number of carbonyl (C=O) groups is 1. The Hall–Kier alpha value is -1.51. The molecule has 0 heterocycles. The van der Waals surface area contributed by atoms with Crippen LogP contribution in [0.1, 0.15) is 22.8 Å². The summed E-state index contributed by atoms with van der Waals surface area (Å²) in [5.74, 6) is 0.0128. The molecule has 2 nitrogen and oxygen atoms in total. The lowest BCUT2D eigenvalue weighted by atomic mass is 10.1. The maximum atomic E-state index is 11.3. The van der Waals surface area contributed by atoms with Crippen molar-refractivity contribution in [1.82, 2.24) is 0 Å². The molecule has 20 heavy (non-hydrogen) atoms. The van der Waals surface area contributed by atoms with Crippen molar-refractivity contribution < 1.29 is 4.79 Å². The summed E-state index contributed by atoms with van der Waals surface area (Å²) < 4.78 is 0. The number of nitrogens with zero attached hydrogens (tertiary/aromatic N) is 1. The molecule has 0 atom stereocenters. The third-order valence-corrected chi connectivity index (χ3v) is 3.65. The minimum absolute atomic E-state index is 0.0128. The van der Waals surface area contributed by atoms with Crippen LogP contribution >= 0.6 is 23.2 Å². The van der Waals surface area contributed by atoms with Crippen LogP contribution in [0.5, 0.6) is 0 Å². The Labute approximate surface area is 128 Å². The van der Waals surface area contributed by atoms with Gasteiger partial charge in [-0.2, -0.15) is 0 Å². The predicted octanol–water partition coefficient (Wildman–Crippen LogP) is 4.83. The van der Waals surface area contributed by atoms with Gasteiger partial charge in [-0.05, 0) is 42.8 Å². The lowest BCUT2D eigenvalue weighted by molar-refractivity contribution is 0.101. The van der Waals surface area contributed by atoms with Gasteiger partial charge in [0.2, 0.25) is 0 Å². The summed E-state index contributed by atoms with van der Waals surface area (Å²) in [7, 11) is 1.96. The topological polar surface area (TPSA) is 20.3 Å². The van der Waals surface area contributed by atoms with Crippen LogP contribution in [-0.4, -0.2) is 12.8 Å². The van der Waals surface area contributed by atoms with Gasteiger partial charge < -0.3 is 4.90 Å². The van der Waals surface area contributed by atoms with Gasteiger partial charge >= 0.3 is 0 Å². The van der Waals surface area contributed by atoms with E-state index in [9.17, 15) is 4.79 Å². The van der Waals surface area contributed by atoms with E-state index < -0.39 is 0 Å². The molecule has 0 bridgehead atoms. The molecule has 0 saturated heterocycles. The second kappa shape index (κ2) is 6.29. The van der Waals surface area contributed by atoms with Crippen LogP contribution in [0.25, 0.3) is 0 Å². The first-order valence-corrected chi connectivity index (χ1v) is 6.99. The number of hydrogen-bond donors (Lipinski definition) is 0. The number of benzene rings is 2. The highest BCUT2D eigenvalue weighted by atomic mass is 35.5. The van der Waals surface area contributed by atoms with Crippen molar-refractivity contribution in [2.75, 3.05) is 11.9 Å². The molecule has 0 aliphatic heterocycles. The fraction of sp³-hybridized carbons (Fsp3) is 0.188. The van der Waals surface area contributed by atoms with E-state index in [0.29, 0.717) is 10.6 Å². The Morgan fingerprint density at radius 1 is 1.10 bits per heavy atom. The number of halogens is 2. The van der Waals surface area contributed by atoms with Crippen LogP contribution in [0.15, 0.2) is 42.5 Å². The quantitative estimate of drug-likeness (QED) is 0.754. The van der Waals surface area contributed by atoms with Gasteiger partial charge in [0.25, 0.3) is 0 Å². The average Bonchev–Trinajstić information content (AvgIpc) is 2.41. The van der Waals surface area contributed by atoms with Gasteiger partial charge in [-0.25, -0.2) is 0 Å². The van der Waals surface area contributed by atoms with Gasteiger partial charge in [-0.1, -0.05) is 35.3 Å². The average molecular weight is 308 g/mol. The Morgan fingerprint density at radius 2 is 1.75 bits per heavy atom. The van der Waals surface area contributed by atoms with Crippen molar-refractivity contribution in [1.29, 1.82) is 0 Å². The Morgan fingerprint density at radius 3 is 2.30 bits per heavy atom. The van der Waals surface area contributed by atoms with Gasteiger partial charge in [-0.3, -0.25) is 4.79 Å². The summed E-state index contributed by atoms with van der Waals surface area (Å²) in [5, 5.41) is 1.30. The Bertz CT molecular complexity index is 623. The van der Waals surface area contributed by atoms with Crippen LogP contribution in [0.3, 0.4) is 0 Å². The van der Waals surface area contributed by atoms with Crippen molar-refractivity contribution >= 4 is 34.7 Å². The molecular formula is C16H15Cl2NO. The number of rotatable bonds is 4. The Kier molecular flexibility index (Phi) is 4.69. The van der Waals surface area contributed by atoms with E-state index in [1.807, 2.05) is 42.3 Å². The number of carbonyl (C=O) groups excluding carboxylic acids is 1. The fourth-order valence-corrected chi connectivity index (χ4v) is 2.44. The number of Topliss-reactive ketones (excluding diaryl/α,β-unsaturated/α-hetero) is 1. The molecule has 0 N–H and O–H groups in total. The summed E-state index contributed by atoms with van der Waals surface area (Å²) >= 11 is 12.1. The summed E-state index contributed by atoms with van der Waals surface area (Å²) in [6.45, 7) is 2.25. The smallest absolute Gasteiger partial charge is 0.159 e. The highest BCUT2D eigenvalue weighted by molar-refractivity contribution is 6.33. The number of anilines is 1. The lowest BCUT2D eigenvalue weighted by Gasteiger charge is -2.21. The molecule has 4 heteroatoms. The lowest BCUT2D eigenvalue weighted by Crippen LogP contribution is -2.16. The molecule has 0 aromatic heterocycles. The first-order valence-electron chi connectivity index (χ1n) is 6.23. The zero-order valence-corrected chi connectivity index (χ0v) is 12.9. The zero-order valence-electron chi connectivity index (χ0n) is 11.4. The van der Waals surface area contributed by atoms with Gasteiger partial charge in [0.05, 0.1) is 10.7 Å². The minimum atomic E-state index is 0.0128. The molecule has 2 aromatic rings. The van der Waals surface area contributed by atoms with Crippen molar-refractivity contribution in [2.24, 2.45) is 0 Å². The van der Waals surface area contributed by atoms with Crippen LogP contribution in [0.4, 0.5) is 5.69 Å². The monoisotopic (exact) mass is 307 g/mol. The molecule has 0 fully saturated rings. The number of hydrogen-bond acceptors (Lipinski definition) is 2. The molecule has 0 radical (unpaired) electrons. The first-order chi connectivity index (χ1) is 9.47. The van der Waals surface area contributed by atoms with Crippen LogP contribution in [0, 0.1) is 0 Å². The van der Waals surface area contributed by atoms with Crippen molar-refractivity contribution in [3.8, 4) is 0 Å². The summed E-state index contributed by atoms with van der Waals surface area (Å²) in [6, 6.07) is 13.1. The molecule has 0 aliphatic carbocycles. The van der Waals surface area contributed by atoms with Crippen LogP contribution in [0.2, 0.25) is 10.0 Å². The van der Waals surface area contributed by atoms with E-state index in [2.05, 4.69) is 0 Å². The first kappa shape index (κ1) is 14.9. The molecule has 2 rings (SSSR count). The van der Waals surface area contributed by atoms with E-state index in [-0.39, 0.29) is 5.78 Å². The van der Waals surface area contributed by atoms with Gasteiger partial charge in [0.1, 0.15) is 0 Å². The van der Waals surface area contributed by atoms with E-state index in [1.165, 1.54) is 6.92 Å². The van der Waals surface area contributed by atoms with Gasteiger partial charge in [0.15, 0.2) is 5.78 Å². The van der Waals surface area contributed by atoms with E-state index in [0.717, 1.165) is 22.8 Å². The van der Waals surface area contributed by atoms with E-state index in [1.54, 1.807) is 12.1 Å². The minimum Gasteiger partial charge on any atom is -0.369 e. The Balaban J connectivity index is 2.18. The van der Waals surface area contributed by atoms with E-state index in [4.69, 9.17) is 23.2 Å². The maximum absolute atomic E-state index is 11.3. The third-order valence-electron chi connectivity index (χ3n) is 3.10. The molecule has 2 aromatic carbocycles. The van der Waals surface area contributed by atoms with Gasteiger partial charge in [-0.15, -0.1) is 0 Å². The van der Waals surface area contributed by atoms with Crippen LogP contribution in [-0.2, 0) is 6.54 Å². The molecule has 0 amide bonds. The fourth-order valence-electron chi connectivity index (χ4n) is 1.98. The second-order valence-electron chi connectivity index (χ2n) is 4.70. The van der Waals surface area contributed by atoms with Crippen molar-refractivity contribution in [3.05, 3.63) is 63.6 Å². The maximum Gasteiger partial charge on any atom is 0.159 e. The second-order valence-corrected chi connectivity index (χ2v) is 5.55. The normalized spacial score (nSPS) is 10.4. The molecule has 0 spiro atoms. The standard InChI is InChI=1S/C16H15Cl2NO/c1-11(20)13-5-8-16(15(18)9-13)19(2)10-12-3-6-14(17)7-4-12/h3-9H,10H2,1-2H3. The molecule has 0 unspecified atom stereocenters. The predicted molar refractivity (Wildman–Crippen MR) is 85.0 cm³/mol.